The summed E-state index contributed by atoms with van der Waals surface area (Å²) in [6.45, 7) is 4.05. The van der Waals surface area contributed by atoms with E-state index in [4.69, 9.17) is 10.6 Å². The first-order valence-corrected chi connectivity index (χ1v) is 9.77. The zero-order valence-electron chi connectivity index (χ0n) is 16.1. The number of carbonyl (C=O) groups excluding carboxylic acids is 1. The topological polar surface area (TPSA) is 95.1 Å². The minimum atomic E-state index is -0.118. The molecule has 0 aliphatic carbocycles. The van der Waals surface area contributed by atoms with Gasteiger partial charge >= 0.3 is 0 Å². The molecular weight excluding hydrogens is 374 g/mol. The number of methoxy groups -OCH3 is 1. The van der Waals surface area contributed by atoms with Gasteiger partial charge in [0.05, 0.1) is 12.9 Å². The number of hydrogen-bond acceptors (Lipinski definition) is 6. The molecule has 1 amide bonds. The minimum absolute atomic E-state index is 0.118. The molecule has 0 aliphatic heterocycles. The van der Waals surface area contributed by atoms with Gasteiger partial charge in [-0.15, -0.1) is 10.2 Å². The predicted molar refractivity (Wildman–Crippen MR) is 111 cm³/mol. The van der Waals surface area contributed by atoms with E-state index in [2.05, 4.69) is 15.5 Å². The Morgan fingerprint density at radius 3 is 2.57 bits per heavy atom. The largest absolute Gasteiger partial charge is 0.497 e. The molecule has 0 unspecified atom stereocenters. The number of nitrogens with zero attached hydrogens (tertiary/aromatic N) is 3. The summed E-state index contributed by atoms with van der Waals surface area (Å²) in [4.78, 5) is 12.2. The fourth-order valence-corrected chi connectivity index (χ4v) is 3.27. The molecule has 1 heterocycles. The van der Waals surface area contributed by atoms with Crippen LogP contribution in [-0.2, 0) is 11.2 Å². The molecule has 0 bridgehead atoms. The molecule has 0 saturated carbocycles. The highest BCUT2D eigenvalue weighted by Crippen LogP contribution is 2.19. The van der Waals surface area contributed by atoms with E-state index < -0.39 is 0 Å². The van der Waals surface area contributed by atoms with E-state index in [0.29, 0.717) is 17.4 Å². The lowest BCUT2D eigenvalue weighted by Gasteiger charge is -2.08. The van der Waals surface area contributed by atoms with Gasteiger partial charge in [0.1, 0.15) is 5.75 Å². The highest BCUT2D eigenvalue weighted by Gasteiger charge is 2.13. The number of rotatable bonds is 7. The quantitative estimate of drug-likeness (QED) is 0.470. The van der Waals surface area contributed by atoms with Crippen LogP contribution < -0.4 is 15.9 Å². The average molecular weight is 398 g/mol. The van der Waals surface area contributed by atoms with Crippen LogP contribution >= 0.6 is 11.8 Å². The molecule has 0 aliphatic rings. The van der Waals surface area contributed by atoms with Crippen molar-refractivity contribution in [2.45, 2.75) is 25.4 Å². The Kier molecular flexibility index (Phi) is 6.20. The van der Waals surface area contributed by atoms with Crippen LogP contribution in [-0.4, -0.2) is 33.6 Å². The molecule has 7 nitrogen and oxygen atoms in total. The first-order chi connectivity index (χ1) is 13.5. The number of nitrogen functional groups attached to an aromatic ring is 1. The summed E-state index contributed by atoms with van der Waals surface area (Å²) in [5.41, 5.74) is 4.15. The molecule has 146 valence electrons. The Balaban J connectivity index is 1.57. The van der Waals surface area contributed by atoms with Crippen molar-refractivity contribution in [3.63, 3.8) is 0 Å². The third-order valence-corrected chi connectivity index (χ3v) is 5.32. The molecule has 8 heteroatoms. The summed E-state index contributed by atoms with van der Waals surface area (Å²) in [5.74, 6) is 7.60. The summed E-state index contributed by atoms with van der Waals surface area (Å²) in [6, 6.07) is 13.5. The highest BCUT2D eigenvalue weighted by molar-refractivity contribution is 7.99. The maximum atomic E-state index is 12.2. The van der Waals surface area contributed by atoms with E-state index in [0.717, 1.165) is 22.6 Å². The van der Waals surface area contributed by atoms with Crippen molar-refractivity contribution in [2.24, 2.45) is 0 Å². The van der Waals surface area contributed by atoms with E-state index in [1.54, 1.807) is 7.11 Å². The van der Waals surface area contributed by atoms with Gasteiger partial charge in [-0.05, 0) is 54.8 Å². The Morgan fingerprint density at radius 2 is 1.89 bits per heavy atom. The first-order valence-electron chi connectivity index (χ1n) is 8.78. The zero-order chi connectivity index (χ0) is 20.1. The fraction of sp³-hybridized carbons (Fsp3) is 0.250. The van der Waals surface area contributed by atoms with Crippen LogP contribution in [0.15, 0.2) is 47.6 Å². The Hall–Kier alpha value is -3.00. The van der Waals surface area contributed by atoms with E-state index in [9.17, 15) is 4.79 Å². The molecule has 2 aromatic carbocycles. The maximum Gasteiger partial charge on any atom is 0.234 e. The lowest BCUT2D eigenvalue weighted by Crippen LogP contribution is -2.17. The van der Waals surface area contributed by atoms with Crippen LogP contribution in [0.4, 0.5) is 5.69 Å². The van der Waals surface area contributed by atoms with Crippen molar-refractivity contribution in [3.05, 3.63) is 65.0 Å². The summed E-state index contributed by atoms with van der Waals surface area (Å²) in [6.07, 6.45) is 0.545. The molecule has 0 spiro atoms. The molecule has 0 radical (unpaired) electrons. The van der Waals surface area contributed by atoms with Crippen molar-refractivity contribution >= 4 is 23.4 Å². The number of ether oxygens (including phenoxy) is 1. The average Bonchev–Trinajstić information content (AvgIpc) is 3.03. The smallest absolute Gasteiger partial charge is 0.234 e. The number of hydrogen-bond donors (Lipinski definition) is 2. The number of nitrogens with one attached hydrogen (secondary N) is 1. The number of thioether (sulfide) groups is 1. The first kappa shape index (κ1) is 19.8. The van der Waals surface area contributed by atoms with Crippen LogP contribution in [0.5, 0.6) is 5.75 Å². The molecule has 0 saturated heterocycles. The van der Waals surface area contributed by atoms with Crippen molar-refractivity contribution in [3.8, 4) is 5.75 Å². The normalized spacial score (nSPS) is 10.7. The van der Waals surface area contributed by atoms with Gasteiger partial charge < -0.3 is 15.9 Å². The Morgan fingerprint density at radius 1 is 1.14 bits per heavy atom. The van der Waals surface area contributed by atoms with Gasteiger partial charge in [-0.3, -0.25) is 4.79 Å². The second-order valence-corrected chi connectivity index (χ2v) is 7.37. The van der Waals surface area contributed by atoms with Crippen molar-refractivity contribution in [1.29, 1.82) is 0 Å². The molecular formula is C20H23N5O2S. The highest BCUT2D eigenvalue weighted by atomic mass is 32.2. The minimum Gasteiger partial charge on any atom is -0.497 e. The fourth-order valence-electron chi connectivity index (χ4n) is 2.60. The number of amides is 1. The van der Waals surface area contributed by atoms with E-state index in [1.807, 2.05) is 56.3 Å². The van der Waals surface area contributed by atoms with Crippen LogP contribution in [0.3, 0.4) is 0 Å². The third-order valence-electron chi connectivity index (χ3n) is 4.38. The van der Waals surface area contributed by atoms with Crippen molar-refractivity contribution < 1.29 is 9.53 Å². The van der Waals surface area contributed by atoms with Crippen LogP contribution in [0.1, 0.15) is 22.5 Å². The Labute approximate surface area is 168 Å². The van der Waals surface area contributed by atoms with Crippen molar-refractivity contribution in [1.82, 2.24) is 14.9 Å². The van der Waals surface area contributed by atoms with Crippen LogP contribution in [0.2, 0.25) is 0 Å². The van der Waals surface area contributed by atoms with E-state index >= 15 is 0 Å². The Bertz CT molecular complexity index is 969. The molecule has 28 heavy (non-hydrogen) atoms. The number of nitrogens with two attached hydrogens (primary N) is 1. The SMILES string of the molecule is COc1ccc(Cc2nnc(SCC(=O)Nc3ccc(C)c(C)c3)n2N)cc1. The number of aryl methyl sites for hydroxylation is 2. The summed E-state index contributed by atoms with van der Waals surface area (Å²) in [7, 11) is 1.63. The van der Waals surface area contributed by atoms with Crippen LogP contribution in [0.25, 0.3) is 0 Å². The van der Waals surface area contributed by atoms with Gasteiger partial charge in [-0.25, -0.2) is 4.68 Å². The van der Waals surface area contributed by atoms with Crippen molar-refractivity contribution in [2.75, 3.05) is 24.0 Å². The number of anilines is 1. The predicted octanol–water partition coefficient (Wildman–Crippen LogP) is 2.94. The van der Waals surface area contributed by atoms with E-state index in [-0.39, 0.29) is 11.7 Å². The van der Waals surface area contributed by atoms with E-state index in [1.165, 1.54) is 22.0 Å². The van der Waals surface area contributed by atoms with Crippen LogP contribution in [0, 0.1) is 13.8 Å². The van der Waals surface area contributed by atoms with Gasteiger partial charge in [0.15, 0.2) is 5.82 Å². The lowest BCUT2D eigenvalue weighted by molar-refractivity contribution is -0.113. The molecule has 3 aromatic rings. The lowest BCUT2D eigenvalue weighted by atomic mass is 10.1. The molecule has 3 N–H and O–H groups in total. The monoisotopic (exact) mass is 397 g/mol. The van der Waals surface area contributed by atoms with Gasteiger partial charge in [0, 0.05) is 12.1 Å². The standard InChI is InChI=1S/C20H23N5O2S/c1-13-4-7-16(10-14(13)2)22-19(26)12-28-20-24-23-18(25(20)21)11-15-5-8-17(27-3)9-6-15/h4-10H,11-12,21H2,1-3H3,(H,22,26). The molecule has 0 fully saturated rings. The van der Waals surface area contributed by atoms with Gasteiger partial charge in [-0.2, -0.15) is 0 Å². The van der Waals surface area contributed by atoms with Gasteiger partial charge in [0.25, 0.3) is 0 Å². The summed E-state index contributed by atoms with van der Waals surface area (Å²) < 4.78 is 6.59. The summed E-state index contributed by atoms with van der Waals surface area (Å²) >= 11 is 1.25. The second kappa shape index (κ2) is 8.79. The molecule has 0 atom stereocenters. The maximum absolute atomic E-state index is 12.2. The number of benzene rings is 2. The number of carbonyl (C=O) groups is 1. The van der Waals surface area contributed by atoms with Gasteiger partial charge in [-0.1, -0.05) is 30.0 Å². The summed E-state index contributed by atoms with van der Waals surface area (Å²) in [5, 5.41) is 11.6. The van der Waals surface area contributed by atoms with Gasteiger partial charge in [0.2, 0.25) is 11.1 Å². The molecule has 1 aromatic heterocycles. The molecule has 3 rings (SSSR count). The number of aromatic nitrogens is 3. The zero-order valence-corrected chi connectivity index (χ0v) is 16.9. The third kappa shape index (κ3) is 4.83. The second-order valence-electron chi connectivity index (χ2n) is 6.43.